The normalized spacial score (nSPS) is 10.0. The summed E-state index contributed by atoms with van der Waals surface area (Å²) in [7, 11) is 0. The molecule has 0 saturated carbocycles. The lowest BCUT2D eigenvalue weighted by molar-refractivity contribution is -0.688. The summed E-state index contributed by atoms with van der Waals surface area (Å²) in [5.74, 6) is 0. The third-order valence-electron chi connectivity index (χ3n) is 5.03. The second kappa shape index (κ2) is 12.4. The molecule has 4 heteroatoms. The van der Waals surface area contributed by atoms with E-state index in [1.807, 2.05) is 12.1 Å². The number of nitrogens with zero attached hydrogens (tertiary/aromatic N) is 2. The number of benzene rings is 2. The molecule has 2 heterocycles. The summed E-state index contributed by atoms with van der Waals surface area (Å²) >= 11 is 0. The van der Waals surface area contributed by atoms with Crippen LogP contribution in [0.5, 0.6) is 0 Å². The maximum absolute atomic E-state index is 2.26. The zero-order valence-electron chi connectivity index (χ0n) is 16.9. The van der Waals surface area contributed by atoms with Gasteiger partial charge in [-0.2, -0.15) is 0 Å². The zero-order chi connectivity index (χ0) is 19.0. The van der Waals surface area contributed by atoms with E-state index in [4.69, 9.17) is 0 Å². The second-order valence-corrected chi connectivity index (χ2v) is 7.23. The fourth-order valence-corrected chi connectivity index (χ4v) is 3.41. The quantitative estimate of drug-likeness (QED) is 0.250. The number of halogens is 2. The summed E-state index contributed by atoms with van der Waals surface area (Å²) in [5, 5.41) is 0. The predicted molar refractivity (Wildman–Crippen MR) is 112 cm³/mol. The molecule has 0 N–H and O–H groups in total. The number of aryl methyl sites for hydroxylation is 2. The lowest BCUT2D eigenvalue weighted by Gasteiger charge is -2.05. The first-order valence-electron chi connectivity index (χ1n) is 9.89. The Bertz CT molecular complexity index is 902. The molecule has 0 unspecified atom stereocenters. The minimum absolute atomic E-state index is 0. The molecule has 4 rings (SSSR count). The van der Waals surface area contributed by atoms with Crippen molar-refractivity contribution in [2.75, 3.05) is 0 Å². The molecule has 0 spiro atoms. The molecule has 30 heavy (non-hydrogen) atoms. The van der Waals surface area contributed by atoms with Gasteiger partial charge in [0.15, 0.2) is 37.9 Å². The van der Waals surface area contributed by atoms with Crippen LogP contribution in [0.2, 0.25) is 0 Å². The Morgan fingerprint density at radius 2 is 0.700 bits per heavy atom. The maximum Gasteiger partial charge on any atom is 0.173 e. The summed E-state index contributed by atoms with van der Waals surface area (Å²) in [4.78, 5) is 0. The largest absolute Gasteiger partial charge is 1.00 e. The van der Waals surface area contributed by atoms with Crippen molar-refractivity contribution in [3.63, 3.8) is 0 Å². The molecule has 0 fully saturated rings. The van der Waals surface area contributed by atoms with Gasteiger partial charge in [0.2, 0.25) is 0 Å². The molecule has 4 aromatic rings. The molecule has 0 radical (unpaired) electrons. The molecule has 0 amide bonds. The summed E-state index contributed by atoms with van der Waals surface area (Å²) in [6.07, 6.45) is 10.6. The van der Waals surface area contributed by atoms with Gasteiger partial charge in [-0.15, -0.1) is 0 Å². The van der Waals surface area contributed by atoms with Crippen LogP contribution < -0.4 is 43.1 Å². The maximum atomic E-state index is 2.26. The summed E-state index contributed by atoms with van der Waals surface area (Å²) in [6, 6.07) is 30.4. The van der Waals surface area contributed by atoms with Crippen molar-refractivity contribution >= 4 is 0 Å². The van der Waals surface area contributed by atoms with E-state index in [1.54, 1.807) is 0 Å². The van der Waals surface area contributed by atoms with Gasteiger partial charge in [0.05, 0.1) is 0 Å². The highest BCUT2D eigenvalue weighted by atomic mass is 79.9. The summed E-state index contributed by atoms with van der Waals surface area (Å²) in [5.41, 5.74) is 5.46. The van der Waals surface area contributed by atoms with Crippen LogP contribution in [0.1, 0.15) is 22.3 Å². The van der Waals surface area contributed by atoms with Crippen molar-refractivity contribution in [3.05, 3.63) is 132 Å². The van der Waals surface area contributed by atoms with E-state index in [0.717, 1.165) is 25.9 Å². The highest BCUT2D eigenvalue weighted by Crippen LogP contribution is 2.11. The van der Waals surface area contributed by atoms with Crippen LogP contribution in [0, 0.1) is 0 Å². The van der Waals surface area contributed by atoms with Gasteiger partial charge in [0, 0.05) is 35.4 Å². The van der Waals surface area contributed by atoms with Gasteiger partial charge in [-0.1, -0.05) is 60.7 Å². The second-order valence-electron chi connectivity index (χ2n) is 7.23. The Hall–Kier alpha value is -2.30. The van der Waals surface area contributed by atoms with Gasteiger partial charge in [-0.25, -0.2) is 9.13 Å². The molecule has 0 saturated heterocycles. The van der Waals surface area contributed by atoms with Gasteiger partial charge in [-0.3, -0.25) is 0 Å². The van der Waals surface area contributed by atoms with E-state index in [9.17, 15) is 0 Å². The molecule has 0 atom stereocenters. The molecule has 2 aromatic carbocycles. The molecule has 2 aromatic heterocycles. The van der Waals surface area contributed by atoms with Crippen molar-refractivity contribution in [3.8, 4) is 0 Å². The number of aromatic nitrogens is 2. The molecule has 0 aliphatic carbocycles. The third kappa shape index (κ3) is 7.19. The van der Waals surface area contributed by atoms with Gasteiger partial charge < -0.3 is 34.0 Å². The molecule has 2 nitrogen and oxygen atoms in total. The molecule has 0 bridgehead atoms. The van der Waals surface area contributed by atoms with E-state index < -0.39 is 0 Å². The van der Waals surface area contributed by atoms with E-state index in [1.165, 1.54) is 22.3 Å². The Balaban J connectivity index is 0.00000160. The van der Waals surface area contributed by atoms with Gasteiger partial charge in [0.1, 0.15) is 0 Å². The SMILES string of the molecule is [Br-].[Br-].c1cc[n+](Cc2ccc(CCc3ccc(C[n+]4ccccc4)cc3)cc2)cc1. The van der Waals surface area contributed by atoms with Crippen LogP contribution in [0.25, 0.3) is 0 Å². The van der Waals surface area contributed by atoms with Gasteiger partial charge in [0.25, 0.3) is 0 Å². The average molecular weight is 526 g/mol. The molecular weight excluding hydrogens is 500 g/mol. The van der Waals surface area contributed by atoms with E-state index in [-0.39, 0.29) is 34.0 Å². The minimum atomic E-state index is 0. The Labute approximate surface area is 200 Å². The van der Waals surface area contributed by atoms with E-state index in [2.05, 4.69) is 107 Å². The predicted octanol–water partition coefficient (Wildman–Crippen LogP) is -1.85. The van der Waals surface area contributed by atoms with Crippen molar-refractivity contribution < 1.29 is 43.1 Å². The summed E-state index contributed by atoms with van der Waals surface area (Å²) in [6.45, 7) is 1.84. The number of rotatable bonds is 7. The highest BCUT2D eigenvalue weighted by molar-refractivity contribution is 5.26. The first kappa shape index (κ1) is 24.0. The van der Waals surface area contributed by atoms with E-state index in [0.29, 0.717) is 0 Å². The third-order valence-corrected chi connectivity index (χ3v) is 5.03. The first-order chi connectivity index (χ1) is 13.8. The topological polar surface area (TPSA) is 7.76 Å². The van der Waals surface area contributed by atoms with Crippen molar-refractivity contribution in [2.24, 2.45) is 0 Å². The fraction of sp³-hybridized carbons (Fsp3) is 0.154. The van der Waals surface area contributed by atoms with E-state index >= 15 is 0 Å². The smallest absolute Gasteiger partial charge is 0.173 e. The molecule has 0 aliphatic heterocycles. The van der Waals surface area contributed by atoms with Crippen LogP contribution in [-0.2, 0) is 25.9 Å². The lowest BCUT2D eigenvalue weighted by Crippen LogP contribution is -3.00. The van der Waals surface area contributed by atoms with Crippen LogP contribution in [0.15, 0.2) is 110 Å². The van der Waals surface area contributed by atoms with Crippen LogP contribution in [-0.4, -0.2) is 0 Å². The molecular formula is C26H26Br2N2. The first-order valence-corrected chi connectivity index (χ1v) is 9.89. The Morgan fingerprint density at radius 1 is 0.400 bits per heavy atom. The van der Waals surface area contributed by atoms with Crippen molar-refractivity contribution in [1.82, 2.24) is 0 Å². The van der Waals surface area contributed by atoms with Gasteiger partial charge in [-0.05, 0) is 24.0 Å². The fourth-order valence-electron chi connectivity index (χ4n) is 3.41. The molecule has 154 valence electrons. The zero-order valence-corrected chi connectivity index (χ0v) is 20.0. The average Bonchev–Trinajstić information content (AvgIpc) is 2.76. The van der Waals surface area contributed by atoms with Crippen LogP contribution in [0.3, 0.4) is 0 Å². The van der Waals surface area contributed by atoms with Crippen molar-refractivity contribution in [1.29, 1.82) is 0 Å². The van der Waals surface area contributed by atoms with Crippen LogP contribution in [0.4, 0.5) is 0 Å². The minimum Gasteiger partial charge on any atom is -1.00 e. The van der Waals surface area contributed by atoms with Crippen molar-refractivity contribution in [2.45, 2.75) is 25.9 Å². The Kier molecular flexibility index (Phi) is 9.92. The number of pyridine rings is 2. The highest BCUT2D eigenvalue weighted by Gasteiger charge is 2.04. The number of hydrogen-bond acceptors (Lipinski definition) is 0. The van der Waals surface area contributed by atoms with Crippen LogP contribution >= 0.6 is 0 Å². The standard InChI is InChI=1S/C26H26N2.2BrH/c1-3-17-27(18-4-1)21-25-13-9-23(10-14-25)7-8-24-11-15-26(16-12-24)22-28-19-5-2-6-20-28;;/h1-6,9-20H,7-8,21-22H2;2*1H/q+2;;/p-2. The monoisotopic (exact) mass is 524 g/mol. The Morgan fingerprint density at radius 3 is 1.03 bits per heavy atom. The molecule has 0 aliphatic rings. The summed E-state index contributed by atoms with van der Waals surface area (Å²) < 4.78 is 4.40. The van der Waals surface area contributed by atoms with Gasteiger partial charge >= 0.3 is 0 Å². The lowest BCUT2D eigenvalue weighted by atomic mass is 10.0. The number of hydrogen-bond donors (Lipinski definition) is 0.